The summed E-state index contributed by atoms with van der Waals surface area (Å²) >= 11 is 0.992. The molecule has 0 fully saturated rings. The largest absolute Gasteiger partial charge is 0.384 e. The van der Waals surface area contributed by atoms with Gasteiger partial charge in [-0.2, -0.15) is 10.5 Å². The molecule has 2 N–H and O–H groups in total. The van der Waals surface area contributed by atoms with Crippen LogP contribution >= 0.6 is 11.3 Å². The first kappa shape index (κ1) is 22.1. The van der Waals surface area contributed by atoms with Crippen molar-refractivity contribution in [3.8, 4) is 12.1 Å². The summed E-state index contributed by atoms with van der Waals surface area (Å²) in [5, 5.41) is 41.6. The number of rotatable bonds is 4. The van der Waals surface area contributed by atoms with E-state index in [0.29, 0.717) is 11.1 Å². The molecular weight excluding hydrogens is 460 g/mol. The molecule has 1 aliphatic heterocycles. The number of hydrogen-bond acceptors (Lipinski definition) is 9. The lowest BCUT2D eigenvalue weighted by Gasteiger charge is -2.22. The van der Waals surface area contributed by atoms with Crippen molar-refractivity contribution < 1.29 is 9.85 Å². The third-order valence-electron chi connectivity index (χ3n) is 5.23. The number of nitro benzene ring substituents is 2. The van der Waals surface area contributed by atoms with Gasteiger partial charge >= 0.3 is 0 Å². The average Bonchev–Trinajstić information content (AvgIpc) is 3.15. The van der Waals surface area contributed by atoms with E-state index in [1.807, 2.05) is 6.07 Å². The maximum absolute atomic E-state index is 13.1. The molecule has 0 unspecified atom stereocenters. The minimum atomic E-state index is -0.902. The molecule has 12 heteroatoms. The summed E-state index contributed by atoms with van der Waals surface area (Å²) in [5.41, 5.74) is 6.43. The standard InChI is InChI=1S/C22H12N6O5S/c23-10-16-19(13-3-7-15(8-4-13)28(32)33)17(11-24)22-26(20(16)25)21(29)18(34-22)9-12-1-5-14(6-2-12)27(30)31/h1-9,19H,25H2/b18-9+/t19-/m0/s1. The molecule has 4 rings (SSSR count). The van der Waals surface area contributed by atoms with Crippen molar-refractivity contribution in [1.29, 1.82) is 10.5 Å². The van der Waals surface area contributed by atoms with Crippen LogP contribution in [0.3, 0.4) is 0 Å². The summed E-state index contributed by atoms with van der Waals surface area (Å²) in [6.45, 7) is 0. The van der Waals surface area contributed by atoms with E-state index in [-0.39, 0.29) is 37.5 Å². The monoisotopic (exact) mass is 472 g/mol. The molecule has 1 atom stereocenters. The van der Waals surface area contributed by atoms with E-state index in [0.717, 1.165) is 15.9 Å². The van der Waals surface area contributed by atoms with Gasteiger partial charge in [-0.15, -0.1) is 11.3 Å². The molecule has 0 bridgehead atoms. The molecule has 166 valence electrons. The van der Waals surface area contributed by atoms with Crippen LogP contribution in [0.1, 0.15) is 17.0 Å². The van der Waals surface area contributed by atoms with Crippen LogP contribution < -0.4 is 20.5 Å². The first-order chi connectivity index (χ1) is 16.3. The van der Waals surface area contributed by atoms with Gasteiger partial charge in [0.15, 0.2) is 0 Å². The second-order valence-corrected chi connectivity index (χ2v) is 8.15. The van der Waals surface area contributed by atoms with Crippen LogP contribution in [0.15, 0.2) is 58.9 Å². The predicted molar refractivity (Wildman–Crippen MR) is 122 cm³/mol. The first-order valence-electron chi connectivity index (χ1n) is 9.53. The maximum Gasteiger partial charge on any atom is 0.274 e. The van der Waals surface area contributed by atoms with Gasteiger partial charge in [-0.3, -0.25) is 29.6 Å². The quantitative estimate of drug-likeness (QED) is 0.439. The highest BCUT2D eigenvalue weighted by molar-refractivity contribution is 7.07. The zero-order valence-corrected chi connectivity index (χ0v) is 17.9. The van der Waals surface area contributed by atoms with E-state index in [9.17, 15) is 35.5 Å². The summed E-state index contributed by atoms with van der Waals surface area (Å²) in [6.07, 6.45) is 1.51. The predicted octanol–water partition coefficient (Wildman–Crippen LogP) is 1.68. The smallest absolute Gasteiger partial charge is 0.274 e. The highest BCUT2D eigenvalue weighted by atomic mass is 32.1. The van der Waals surface area contributed by atoms with Gasteiger partial charge in [-0.25, -0.2) is 0 Å². The normalized spacial score (nSPS) is 15.4. The van der Waals surface area contributed by atoms with Crippen LogP contribution in [0.4, 0.5) is 11.4 Å². The number of nitrogens with zero attached hydrogens (tertiary/aromatic N) is 5. The summed E-state index contributed by atoms with van der Waals surface area (Å²) in [6, 6.07) is 15.0. The van der Waals surface area contributed by atoms with Gasteiger partial charge in [0.1, 0.15) is 10.5 Å². The summed E-state index contributed by atoms with van der Waals surface area (Å²) < 4.78 is 1.54. The number of allylic oxidation sites excluding steroid dienone is 1. The van der Waals surface area contributed by atoms with Gasteiger partial charge in [-0.05, 0) is 29.3 Å². The Morgan fingerprint density at radius 3 is 1.97 bits per heavy atom. The third-order valence-corrected chi connectivity index (χ3v) is 6.34. The lowest BCUT2D eigenvalue weighted by atomic mass is 9.84. The zero-order chi connectivity index (χ0) is 24.6. The fourth-order valence-corrected chi connectivity index (χ4v) is 4.75. The topological polar surface area (TPSA) is 182 Å². The van der Waals surface area contributed by atoms with Gasteiger partial charge in [0.05, 0.1) is 43.6 Å². The first-order valence-corrected chi connectivity index (χ1v) is 10.3. The maximum atomic E-state index is 13.1. The van der Waals surface area contributed by atoms with E-state index in [2.05, 4.69) is 6.07 Å². The third kappa shape index (κ3) is 3.60. The van der Waals surface area contributed by atoms with E-state index < -0.39 is 21.3 Å². The van der Waals surface area contributed by atoms with E-state index in [4.69, 9.17) is 5.73 Å². The molecule has 34 heavy (non-hydrogen) atoms. The fourth-order valence-electron chi connectivity index (χ4n) is 3.62. The van der Waals surface area contributed by atoms with Crippen LogP contribution in [-0.4, -0.2) is 14.4 Å². The molecule has 0 saturated heterocycles. The van der Waals surface area contributed by atoms with Crippen molar-refractivity contribution in [3.63, 3.8) is 0 Å². The molecule has 2 heterocycles. The van der Waals surface area contributed by atoms with Crippen LogP contribution in [0.5, 0.6) is 0 Å². The lowest BCUT2D eigenvalue weighted by Crippen LogP contribution is -2.38. The Morgan fingerprint density at radius 2 is 1.47 bits per heavy atom. The van der Waals surface area contributed by atoms with Crippen molar-refractivity contribution in [1.82, 2.24) is 4.57 Å². The molecular formula is C22H12N6O5S. The Bertz CT molecular complexity index is 1650. The number of nitrogens with two attached hydrogens (primary N) is 1. The Morgan fingerprint density at radius 1 is 0.941 bits per heavy atom. The van der Waals surface area contributed by atoms with Crippen LogP contribution in [-0.2, 0) is 0 Å². The van der Waals surface area contributed by atoms with Gasteiger partial charge in [0.2, 0.25) is 0 Å². The minimum Gasteiger partial charge on any atom is -0.384 e. The van der Waals surface area contributed by atoms with Gasteiger partial charge in [-0.1, -0.05) is 12.1 Å². The summed E-state index contributed by atoms with van der Waals surface area (Å²) in [5.74, 6) is -1.04. The molecule has 0 radical (unpaired) electrons. The van der Waals surface area contributed by atoms with Crippen LogP contribution in [0.25, 0.3) is 17.5 Å². The van der Waals surface area contributed by atoms with Crippen molar-refractivity contribution in [3.05, 3.63) is 105 Å². The molecule has 0 saturated carbocycles. The number of hydrogen-bond donors (Lipinski definition) is 1. The number of aromatic nitrogens is 1. The molecule has 1 aliphatic rings. The Labute approximate surface area is 194 Å². The van der Waals surface area contributed by atoms with Crippen LogP contribution in [0.2, 0.25) is 0 Å². The summed E-state index contributed by atoms with van der Waals surface area (Å²) in [7, 11) is 0. The average molecular weight is 472 g/mol. The SMILES string of the molecule is N#CC1=C(N)n2c(s/c(=C/c3ccc([N+](=O)[O-])cc3)c2=O)=C(C#N)[C@H]1c1ccc([N+](=O)[O-])cc1. The molecule has 0 amide bonds. The molecule has 3 aromatic rings. The minimum absolute atomic E-state index is 0.0281. The fraction of sp³-hybridized carbons (Fsp3) is 0.0455. The van der Waals surface area contributed by atoms with Crippen molar-refractivity contribution in [2.24, 2.45) is 5.73 Å². The zero-order valence-electron chi connectivity index (χ0n) is 17.0. The second-order valence-electron chi connectivity index (χ2n) is 7.12. The Kier molecular flexibility index (Phi) is 5.51. The summed E-state index contributed by atoms with van der Waals surface area (Å²) in [4.78, 5) is 33.8. The van der Waals surface area contributed by atoms with Gasteiger partial charge < -0.3 is 5.73 Å². The van der Waals surface area contributed by atoms with Crippen LogP contribution in [0, 0.1) is 42.9 Å². The van der Waals surface area contributed by atoms with Crippen molar-refractivity contribution >= 4 is 40.2 Å². The van der Waals surface area contributed by atoms with E-state index in [1.54, 1.807) is 0 Å². The second kappa shape index (κ2) is 8.46. The highest BCUT2D eigenvalue weighted by Gasteiger charge is 2.32. The highest BCUT2D eigenvalue weighted by Crippen LogP contribution is 2.36. The number of non-ortho nitro benzene ring substituents is 2. The molecule has 0 aliphatic carbocycles. The Hall–Kier alpha value is -5.07. The number of nitriles is 2. The number of fused-ring (bicyclic) bond motifs is 1. The Balaban J connectivity index is 1.95. The molecule has 1 aromatic heterocycles. The van der Waals surface area contributed by atoms with Crippen molar-refractivity contribution in [2.45, 2.75) is 5.92 Å². The van der Waals surface area contributed by atoms with Crippen molar-refractivity contribution in [2.75, 3.05) is 0 Å². The molecule has 11 nitrogen and oxygen atoms in total. The number of nitro groups is 2. The molecule has 0 spiro atoms. The van der Waals surface area contributed by atoms with E-state index in [1.165, 1.54) is 54.6 Å². The van der Waals surface area contributed by atoms with Gasteiger partial charge in [0.25, 0.3) is 16.9 Å². The lowest BCUT2D eigenvalue weighted by molar-refractivity contribution is -0.385. The number of benzene rings is 2. The van der Waals surface area contributed by atoms with Gasteiger partial charge in [0, 0.05) is 24.3 Å². The molecule has 2 aromatic carbocycles. The number of thiazole rings is 1. The van der Waals surface area contributed by atoms with E-state index >= 15 is 0 Å².